The standard InChI is InChI=1S/C27H27BrN2O7/c1-4-36-26-21(28)14-19(16-24(26)34-3)6-8-25(31)37-22-7-5-18(15-23(22)33-2)13-20(17-29)27(32)30-9-11-35-12-10-30/h5-8,13-16H,4,9-12H2,1-3H3/b8-6+,20-13+. The van der Waals surface area contributed by atoms with Gasteiger partial charge in [-0.3, -0.25) is 4.79 Å². The molecule has 0 radical (unpaired) electrons. The molecule has 0 bridgehead atoms. The number of carbonyl (C=O) groups excluding carboxylic acids is 2. The summed E-state index contributed by atoms with van der Waals surface area (Å²) in [5, 5.41) is 9.51. The number of benzene rings is 2. The van der Waals surface area contributed by atoms with E-state index in [1.807, 2.05) is 13.0 Å². The van der Waals surface area contributed by atoms with Crippen LogP contribution in [0.25, 0.3) is 12.2 Å². The number of ether oxygens (including phenoxy) is 5. The molecule has 9 nitrogen and oxygen atoms in total. The average molecular weight is 571 g/mol. The van der Waals surface area contributed by atoms with Gasteiger partial charge in [-0.15, -0.1) is 0 Å². The van der Waals surface area contributed by atoms with Crippen LogP contribution < -0.4 is 18.9 Å². The Kier molecular flexibility index (Phi) is 10.1. The first kappa shape index (κ1) is 27.8. The van der Waals surface area contributed by atoms with Gasteiger partial charge in [0.15, 0.2) is 23.0 Å². The van der Waals surface area contributed by atoms with E-state index in [1.165, 1.54) is 26.4 Å². The molecule has 0 spiro atoms. The molecule has 194 valence electrons. The SMILES string of the molecule is CCOc1c(Br)cc(/C=C/C(=O)Oc2ccc(/C=C(\C#N)C(=O)N3CCOCC3)cc2OC)cc1OC. The smallest absolute Gasteiger partial charge is 0.336 e. The highest BCUT2D eigenvalue weighted by atomic mass is 79.9. The number of nitrogens with zero attached hydrogens (tertiary/aromatic N) is 2. The first-order valence-electron chi connectivity index (χ1n) is 11.5. The highest BCUT2D eigenvalue weighted by Gasteiger charge is 2.21. The zero-order valence-electron chi connectivity index (χ0n) is 20.8. The van der Waals surface area contributed by atoms with Crippen molar-refractivity contribution in [3.05, 3.63) is 57.6 Å². The maximum Gasteiger partial charge on any atom is 0.336 e. The van der Waals surface area contributed by atoms with Crippen molar-refractivity contribution in [1.82, 2.24) is 4.90 Å². The number of esters is 1. The minimum absolute atomic E-state index is 0.00595. The Hall–Kier alpha value is -3.81. The van der Waals surface area contributed by atoms with Gasteiger partial charge in [0.05, 0.1) is 38.5 Å². The van der Waals surface area contributed by atoms with Gasteiger partial charge in [-0.1, -0.05) is 6.07 Å². The zero-order valence-corrected chi connectivity index (χ0v) is 22.4. The molecule has 0 unspecified atom stereocenters. The number of amides is 1. The lowest BCUT2D eigenvalue weighted by molar-refractivity contribution is -0.130. The Bertz CT molecular complexity index is 1240. The first-order valence-corrected chi connectivity index (χ1v) is 12.3. The third kappa shape index (κ3) is 7.35. The van der Waals surface area contributed by atoms with E-state index in [0.29, 0.717) is 60.0 Å². The normalized spacial score (nSPS) is 13.7. The van der Waals surface area contributed by atoms with Crippen LogP contribution in [-0.4, -0.2) is 63.9 Å². The summed E-state index contributed by atoms with van der Waals surface area (Å²) in [6.45, 7) is 4.11. The first-order chi connectivity index (χ1) is 17.9. The van der Waals surface area contributed by atoms with Gasteiger partial charge in [0, 0.05) is 19.2 Å². The third-order valence-electron chi connectivity index (χ3n) is 5.31. The second-order valence-electron chi connectivity index (χ2n) is 7.71. The maximum absolute atomic E-state index is 12.7. The van der Waals surface area contributed by atoms with E-state index in [-0.39, 0.29) is 23.0 Å². The van der Waals surface area contributed by atoms with Crippen LogP contribution in [0.5, 0.6) is 23.0 Å². The number of halogens is 1. The lowest BCUT2D eigenvalue weighted by Gasteiger charge is -2.26. The van der Waals surface area contributed by atoms with E-state index in [1.54, 1.807) is 41.3 Å². The van der Waals surface area contributed by atoms with E-state index < -0.39 is 5.97 Å². The molecule has 1 saturated heterocycles. The van der Waals surface area contributed by atoms with Crippen molar-refractivity contribution in [1.29, 1.82) is 5.26 Å². The van der Waals surface area contributed by atoms with Crippen LogP contribution in [0.2, 0.25) is 0 Å². The van der Waals surface area contributed by atoms with Crippen LogP contribution in [0.1, 0.15) is 18.1 Å². The number of nitriles is 1. The van der Waals surface area contributed by atoms with Crippen molar-refractivity contribution in [3.63, 3.8) is 0 Å². The Morgan fingerprint density at radius 3 is 2.43 bits per heavy atom. The summed E-state index contributed by atoms with van der Waals surface area (Å²) >= 11 is 3.45. The van der Waals surface area contributed by atoms with Gasteiger partial charge < -0.3 is 28.6 Å². The molecule has 10 heteroatoms. The van der Waals surface area contributed by atoms with Gasteiger partial charge in [-0.25, -0.2) is 4.79 Å². The lowest BCUT2D eigenvalue weighted by Crippen LogP contribution is -2.41. The largest absolute Gasteiger partial charge is 0.493 e. The van der Waals surface area contributed by atoms with Gasteiger partial charge >= 0.3 is 5.97 Å². The monoisotopic (exact) mass is 570 g/mol. The molecule has 1 heterocycles. The molecule has 0 aliphatic carbocycles. The van der Waals surface area contributed by atoms with Crippen LogP contribution in [0, 0.1) is 11.3 Å². The van der Waals surface area contributed by atoms with Gasteiger partial charge in [-0.05, 0) is 70.4 Å². The van der Waals surface area contributed by atoms with Crippen molar-refractivity contribution in [3.8, 4) is 29.1 Å². The van der Waals surface area contributed by atoms with Crippen LogP contribution in [-0.2, 0) is 14.3 Å². The van der Waals surface area contributed by atoms with Crippen molar-refractivity contribution in [2.75, 3.05) is 47.1 Å². The highest BCUT2D eigenvalue weighted by molar-refractivity contribution is 9.10. The Labute approximate surface area is 223 Å². The fraction of sp³-hybridized carbons (Fsp3) is 0.296. The van der Waals surface area contributed by atoms with Gasteiger partial charge in [-0.2, -0.15) is 5.26 Å². The van der Waals surface area contributed by atoms with Crippen molar-refractivity contribution in [2.24, 2.45) is 0 Å². The molecule has 37 heavy (non-hydrogen) atoms. The lowest BCUT2D eigenvalue weighted by atomic mass is 10.1. The van der Waals surface area contributed by atoms with E-state index in [0.717, 1.165) is 0 Å². The van der Waals surface area contributed by atoms with Gasteiger partial charge in [0.25, 0.3) is 5.91 Å². The van der Waals surface area contributed by atoms with Crippen LogP contribution in [0.4, 0.5) is 0 Å². The minimum Gasteiger partial charge on any atom is -0.493 e. The van der Waals surface area contributed by atoms with Gasteiger partial charge in [0.1, 0.15) is 11.6 Å². The summed E-state index contributed by atoms with van der Waals surface area (Å²) < 4.78 is 27.7. The van der Waals surface area contributed by atoms with Crippen molar-refractivity contribution >= 4 is 40.0 Å². The topological polar surface area (TPSA) is 107 Å². The molecule has 2 aromatic carbocycles. The Balaban J connectivity index is 1.74. The van der Waals surface area contributed by atoms with Gasteiger partial charge in [0.2, 0.25) is 0 Å². The molecule has 0 saturated carbocycles. The molecular weight excluding hydrogens is 544 g/mol. The molecule has 3 rings (SSSR count). The molecule has 2 aromatic rings. The Morgan fingerprint density at radius 2 is 1.78 bits per heavy atom. The van der Waals surface area contributed by atoms with Crippen molar-refractivity contribution in [2.45, 2.75) is 6.92 Å². The minimum atomic E-state index is -0.620. The average Bonchev–Trinajstić information content (AvgIpc) is 2.92. The van der Waals surface area contributed by atoms with E-state index in [9.17, 15) is 14.9 Å². The quantitative estimate of drug-likeness (QED) is 0.190. The molecular formula is C27H27BrN2O7. The summed E-state index contributed by atoms with van der Waals surface area (Å²) in [5.41, 5.74) is 1.25. The number of carbonyl (C=O) groups is 2. The second-order valence-corrected chi connectivity index (χ2v) is 8.56. The number of rotatable bonds is 9. The molecule has 1 aliphatic rings. The summed E-state index contributed by atoms with van der Waals surface area (Å²) in [6.07, 6.45) is 4.35. The summed E-state index contributed by atoms with van der Waals surface area (Å²) in [7, 11) is 2.97. The van der Waals surface area contributed by atoms with E-state index in [4.69, 9.17) is 23.7 Å². The number of hydrogen-bond acceptors (Lipinski definition) is 8. The fourth-order valence-corrected chi connectivity index (χ4v) is 4.10. The number of hydrogen-bond donors (Lipinski definition) is 0. The molecule has 1 aliphatic heterocycles. The van der Waals surface area contributed by atoms with E-state index >= 15 is 0 Å². The molecule has 0 atom stereocenters. The van der Waals surface area contributed by atoms with Crippen LogP contribution >= 0.6 is 15.9 Å². The molecule has 1 amide bonds. The number of morpholine rings is 1. The van der Waals surface area contributed by atoms with Crippen LogP contribution in [0.15, 0.2) is 46.5 Å². The maximum atomic E-state index is 12.7. The highest BCUT2D eigenvalue weighted by Crippen LogP contribution is 2.37. The Morgan fingerprint density at radius 1 is 1.08 bits per heavy atom. The summed E-state index contributed by atoms with van der Waals surface area (Å²) in [5.74, 6) is 0.594. The molecule has 0 N–H and O–H groups in total. The second kappa shape index (κ2) is 13.5. The van der Waals surface area contributed by atoms with Crippen LogP contribution in [0.3, 0.4) is 0 Å². The van der Waals surface area contributed by atoms with Crippen molar-refractivity contribution < 1.29 is 33.3 Å². The van der Waals surface area contributed by atoms with E-state index in [2.05, 4.69) is 15.9 Å². The molecule has 0 aromatic heterocycles. The zero-order chi connectivity index (χ0) is 26.8. The third-order valence-corrected chi connectivity index (χ3v) is 5.90. The number of methoxy groups -OCH3 is 2. The fourth-order valence-electron chi connectivity index (χ4n) is 3.53. The predicted molar refractivity (Wildman–Crippen MR) is 141 cm³/mol. The molecule has 1 fully saturated rings. The summed E-state index contributed by atoms with van der Waals surface area (Å²) in [4.78, 5) is 26.7. The summed E-state index contributed by atoms with van der Waals surface area (Å²) in [6, 6.07) is 10.3. The predicted octanol–water partition coefficient (Wildman–Crippen LogP) is 4.25.